The van der Waals surface area contributed by atoms with Crippen LogP contribution in [0.1, 0.15) is 64.2 Å². The second-order valence-electron chi connectivity index (χ2n) is 6.26. The molecule has 0 spiro atoms. The summed E-state index contributed by atoms with van der Waals surface area (Å²) in [6.45, 7) is 0. The molecule has 0 aromatic heterocycles. The van der Waals surface area contributed by atoms with E-state index >= 15 is 0 Å². The first kappa shape index (κ1) is 18.0. The van der Waals surface area contributed by atoms with Crippen molar-refractivity contribution in [3.8, 4) is 0 Å². The topological polar surface area (TPSA) is 52.6 Å². The molecule has 126 valence electrons. The molecular formula is C16H26O4S2. The van der Waals surface area contributed by atoms with Crippen LogP contribution in [0, 0.1) is 0 Å². The van der Waals surface area contributed by atoms with Gasteiger partial charge in [0, 0.05) is 0 Å². The molecule has 0 bridgehead atoms. The van der Waals surface area contributed by atoms with E-state index in [9.17, 15) is 9.59 Å². The molecule has 6 heteroatoms. The molecule has 0 unspecified atom stereocenters. The van der Waals surface area contributed by atoms with Crippen molar-refractivity contribution in [2.45, 2.75) is 73.7 Å². The third-order valence-corrected chi connectivity index (χ3v) is 8.83. The van der Waals surface area contributed by atoms with Gasteiger partial charge in [-0.05, 0) is 25.7 Å². The molecule has 0 atom stereocenters. The minimum atomic E-state index is -0.490. The predicted octanol–water partition coefficient (Wildman–Crippen LogP) is 4.12. The largest absolute Gasteiger partial charge is 0.468 e. The van der Waals surface area contributed by atoms with E-state index in [0.717, 1.165) is 51.4 Å². The maximum absolute atomic E-state index is 12.3. The molecule has 0 N–H and O–H groups in total. The van der Waals surface area contributed by atoms with Crippen LogP contribution >= 0.6 is 21.6 Å². The zero-order chi connectivity index (χ0) is 16.1. The summed E-state index contributed by atoms with van der Waals surface area (Å²) in [7, 11) is 6.05. The molecule has 0 aliphatic heterocycles. The van der Waals surface area contributed by atoms with Crippen LogP contribution in [0.3, 0.4) is 0 Å². The molecule has 22 heavy (non-hydrogen) atoms. The van der Waals surface area contributed by atoms with Gasteiger partial charge < -0.3 is 9.47 Å². The molecule has 2 aliphatic carbocycles. The maximum Gasteiger partial charge on any atom is 0.322 e. The van der Waals surface area contributed by atoms with E-state index < -0.39 is 9.49 Å². The monoisotopic (exact) mass is 346 g/mol. The Morgan fingerprint density at radius 3 is 1.27 bits per heavy atom. The summed E-state index contributed by atoms with van der Waals surface area (Å²) in [6, 6.07) is 0. The average Bonchev–Trinajstić information content (AvgIpc) is 2.60. The molecule has 0 saturated heterocycles. The Labute approximate surface area is 140 Å². The summed E-state index contributed by atoms with van der Waals surface area (Å²) in [5.41, 5.74) is 0. The molecule has 0 amide bonds. The summed E-state index contributed by atoms with van der Waals surface area (Å²) in [5.74, 6) is -0.277. The SMILES string of the molecule is COC(=O)C1(SSC2(C(=O)OC)CCCCC2)CCCCC1. The summed E-state index contributed by atoms with van der Waals surface area (Å²) in [6.07, 6.45) is 9.91. The van der Waals surface area contributed by atoms with Gasteiger partial charge in [-0.1, -0.05) is 60.1 Å². The van der Waals surface area contributed by atoms with Gasteiger partial charge in [0.05, 0.1) is 14.2 Å². The molecule has 0 aromatic rings. The lowest BCUT2D eigenvalue weighted by atomic mass is 9.88. The predicted molar refractivity (Wildman–Crippen MR) is 90.8 cm³/mol. The van der Waals surface area contributed by atoms with Gasteiger partial charge in [0.1, 0.15) is 9.49 Å². The van der Waals surface area contributed by atoms with Crippen molar-refractivity contribution in [3.63, 3.8) is 0 Å². The lowest BCUT2D eigenvalue weighted by molar-refractivity contribution is -0.145. The molecule has 0 aromatic carbocycles. The van der Waals surface area contributed by atoms with Gasteiger partial charge >= 0.3 is 11.9 Å². The van der Waals surface area contributed by atoms with Crippen LogP contribution in [0.25, 0.3) is 0 Å². The minimum absolute atomic E-state index is 0.138. The fourth-order valence-corrected chi connectivity index (χ4v) is 7.32. The van der Waals surface area contributed by atoms with Crippen molar-refractivity contribution in [3.05, 3.63) is 0 Å². The highest BCUT2D eigenvalue weighted by Crippen LogP contribution is 2.54. The van der Waals surface area contributed by atoms with Crippen molar-refractivity contribution < 1.29 is 19.1 Å². The number of carbonyl (C=O) groups excluding carboxylic acids is 2. The molecule has 2 aliphatic rings. The van der Waals surface area contributed by atoms with Gasteiger partial charge in [-0.25, -0.2) is 0 Å². The number of ether oxygens (including phenoxy) is 2. The third-order valence-electron chi connectivity index (χ3n) is 4.80. The van der Waals surface area contributed by atoms with Gasteiger partial charge in [0.2, 0.25) is 0 Å². The van der Waals surface area contributed by atoms with Crippen LogP contribution in [-0.4, -0.2) is 35.7 Å². The summed E-state index contributed by atoms with van der Waals surface area (Å²) < 4.78 is 9.15. The third kappa shape index (κ3) is 3.75. The van der Waals surface area contributed by atoms with E-state index in [-0.39, 0.29) is 11.9 Å². The van der Waals surface area contributed by atoms with Gasteiger partial charge in [0.25, 0.3) is 0 Å². The Morgan fingerprint density at radius 1 is 0.682 bits per heavy atom. The van der Waals surface area contributed by atoms with E-state index in [1.165, 1.54) is 27.1 Å². The smallest absolute Gasteiger partial charge is 0.322 e. The summed E-state index contributed by atoms with van der Waals surface area (Å²) in [5, 5.41) is 0. The molecule has 4 nitrogen and oxygen atoms in total. The highest BCUT2D eigenvalue weighted by molar-refractivity contribution is 8.78. The number of esters is 2. The van der Waals surface area contributed by atoms with Crippen molar-refractivity contribution in [1.29, 1.82) is 0 Å². The van der Waals surface area contributed by atoms with Crippen molar-refractivity contribution in [2.75, 3.05) is 14.2 Å². The average molecular weight is 347 g/mol. The summed E-state index contributed by atoms with van der Waals surface area (Å²) in [4.78, 5) is 24.7. The molecule has 2 fully saturated rings. The lowest BCUT2D eigenvalue weighted by Crippen LogP contribution is -2.41. The minimum Gasteiger partial charge on any atom is -0.468 e. The van der Waals surface area contributed by atoms with E-state index in [0.29, 0.717) is 0 Å². The highest BCUT2D eigenvalue weighted by Gasteiger charge is 2.48. The van der Waals surface area contributed by atoms with Gasteiger partial charge in [0.15, 0.2) is 0 Å². The Kier molecular flexibility index (Phi) is 6.50. The first-order valence-corrected chi connectivity index (χ1v) is 10.3. The van der Waals surface area contributed by atoms with E-state index in [4.69, 9.17) is 9.47 Å². The van der Waals surface area contributed by atoms with Gasteiger partial charge in [-0.3, -0.25) is 9.59 Å². The molecule has 2 rings (SSSR count). The Hall–Kier alpha value is -0.360. The quantitative estimate of drug-likeness (QED) is 0.551. The first-order chi connectivity index (χ1) is 10.6. The maximum atomic E-state index is 12.3. The van der Waals surface area contributed by atoms with Crippen LogP contribution in [-0.2, 0) is 19.1 Å². The summed E-state index contributed by atoms with van der Waals surface area (Å²) >= 11 is 0. The molecular weight excluding hydrogens is 320 g/mol. The van der Waals surface area contributed by atoms with E-state index in [2.05, 4.69) is 0 Å². The molecule has 0 heterocycles. The fraction of sp³-hybridized carbons (Fsp3) is 0.875. The number of hydrogen-bond acceptors (Lipinski definition) is 6. The normalized spacial score (nSPS) is 23.5. The van der Waals surface area contributed by atoms with Crippen molar-refractivity contribution in [2.24, 2.45) is 0 Å². The van der Waals surface area contributed by atoms with Crippen LogP contribution in [0.4, 0.5) is 0 Å². The zero-order valence-electron chi connectivity index (χ0n) is 13.5. The van der Waals surface area contributed by atoms with Gasteiger partial charge in [-0.15, -0.1) is 0 Å². The lowest BCUT2D eigenvalue weighted by Gasteiger charge is -2.38. The van der Waals surface area contributed by atoms with Crippen LogP contribution in [0.5, 0.6) is 0 Å². The van der Waals surface area contributed by atoms with E-state index in [1.807, 2.05) is 0 Å². The van der Waals surface area contributed by atoms with E-state index in [1.54, 1.807) is 21.6 Å². The number of carbonyl (C=O) groups is 2. The Bertz CT molecular complexity index is 361. The number of rotatable bonds is 5. The standard InChI is InChI=1S/C16H26O4S2/c1-19-13(17)15(9-5-3-6-10-15)21-22-16(14(18)20-2)11-7-4-8-12-16/h3-12H2,1-2H3. The van der Waals surface area contributed by atoms with Crippen molar-refractivity contribution in [1.82, 2.24) is 0 Å². The zero-order valence-corrected chi connectivity index (χ0v) is 15.2. The molecule has 0 radical (unpaired) electrons. The van der Waals surface area contributed by atoms with Crippen molar-refractivity contribution >= 4 is 33.5 Å². The fourth-order valence-electron chi connectivity index (χ4n) is 3.42. The second kappa shape index (κ2) is 7.95. The highest BCUT2D eigenvalue weighted by atomic mass is 33.1. The Morgan fingerprint density at radius 2 is 1.00 bits per heavy atom. The van der Waals surface area contributed by atoms with Crippen LogP contribution in [0.15, 0.2) is 0 Å². The van der Waals surface area contributed by atoms with Crippen LogP contribution < -0.4 is 0 Å². The first-order valence-electron chi connectivity index (χ1n) is 8.12. The van der Waals surface area contributed by atoms with Gasteiger partial charge in [-0.2, -0.15) is 0 Å². The number of methoxy groups -OCH3 is 2. The number of hydrogen-bond donors (Lipinski definition) is 0. The van der Waals surface area contributed by atoms with Crippen LogP contribution in [0.2, 0.25) is 0 Å². The molecule has 2 saturated carbocycles. The Balaban J connectivity index is 2.11. The second-order valence-corrected chi connectivity index (χ2v) is 9.16.